The average Bonchev–Trinajstić information content (AvgIpc) is 2.98. The molecule has 0 aliphatic heterocycles. The van der Waals surface area contributed by atoms with Crippen molar-refractivity contribution < 1.29 is 0 Å². The van der Waals surface area contributed by atoms with Gasteiger partial charge in [0.1, 0.15) is 0 Å². The van der Waals surface area contributed by atoms with Crippen LogP contribution in [0.2, 0.25) is 0 Å². The van der Waals surface area contributed by atoms with Gasteiger partial charge in [-0.15, -0.1) is 11.3 Å². The van der Waals surface area contributed by atoms with E-state index in [1.54, 1.807) is 11.3 Å². The molecule has 0 fully saturated rings. The van der Waals surface area contributed by atoms with Crippen LogP contribution in [0.5, 0.6) is 0 Å². The standard InChI is InChI=1S/C12H14N4S/c1-9(5-13)6-14-7-10-8-15-16-12(10)11-3-2-4-17-11/h2-4,8-9,14H,6-7H2,1H3,(H,15,16). The fraction of sp³-hybridized carbons (Fsp3) is 0.333. The quantitative estimate of drug-likeness (QED) is 0.851. The van der Waals surface area contributed by atoms with Gasteiger partial charge in [-0.25, -0.2) is 0 Å². The van der Waals surface area contributed by atoms with Crippen LogP contribution in [0, 0.1) is 17.2 Å². The molecule has 2 aromatic rings. The summed E-state index contributed by atoms with van der Waals surface area (Å²) in [6.07, 6.45) is 1.83. The van der Waals surface area contributed by atoms with Gasteiger partial charge in [0.25, 0.3) is 0 Å². The van der Waals surface area contributed by atoms with Gasteiger partial charge in [-0.05, 0) is 18.4 Å². The fourth-order valence-corrected chi connectivity index (χ4v) is 2.30. The van der Waals surface area contributed by atoms with Crippen LogP contribution in [0.1, 0.15) is 12.5 Å². The number of hydrogen-bond acceptors (Lipinski definition) is 4. The maximum atomic E-state index is 8.69. The third kappa shape index (κ3) is 2.93. The van der Waals surface area contributed by atoms with Gasteiger partial charge in [0.05, 0.1) is 28.8 Å². The van der Waals surface area contributed by atoms with E-state index in [0.717, 1.165) is 17.8 Å². The van der Waals surface area contributed by atoms with Crippen molar-refractivity contribution in [3.63, 3.8) is 0 Å². The monoisotopic (exact) mass is 246 g/mol. The second kappa shape index (κ2) is 5.62. The Morgan fingerprint density at radius 2 is 2.53 bits per heavy atom. The van der Waals surface area contributed by atoms with Crippen LogP contribution in [0.15, 0.2) is 23.7 Å². The van der Waals surface area contributed by atoms with Crippen molar-refractivity contribution >= 4 is 11.3 Å². The molecule has 0 aliphatic rings. The zero-order valence-electron chi connectivity index (χ0n) is 9.60. The maximum Gasteiger partial charge on any atom is 0.0794 e. The number of thiophene rings is 1. The lowest BCUT2D eigenvalue weighted by atomic mass is 10.2. The molecule has 2 N–H and O–H groups in total. The fourth-order valence-electron chi connectivity index (χ4n) is 1.55. The topological polar surface area (TPSA) is 64.5 Å². The summed E-state index contributed by atoms with van der Waals surface area (Å²) in [5.74, 6) is 0.0343. The molecular weight excluding hydrogens is 232 g/mol. The molecule has 1 unspecified atom stereocenters. The molecule has 88 valence electrons. The first-order valence-corrected chi connectivity index (χ1v) is 6.35. The normalized spacial score (nSPS) is 12.2. The van der Waals surface area contributed by atoms with Crippen molar-refractivity contribution in [1.82, 2.24) is 15.5 Å². The van der Waals surface area contributed by atoms with Gasteiger partial charge in [-0.2, -0.15) is 10.4 Å². The van der Waals surface area contributed by atoms with Crippen LogP contribution in [0.4, 0.5) is 0 Å². The average molecular weight is 246 g/mol. The number of aromatic amines is 1. The molecule has 0 saturated heterocycles. The van der Waals surface area contributed by atoms with Crippen LogP contribution in [-0.4, -0.2) is 16.7 Å². The Kier molecular flexibility index (Phi) is 3.91. The molecule has 0 aliphatic carbocycles. The van der Waals surface area contributed by atoms with Gasteiger partial charge >= 0.3 is 0 Å². The number of nitriles is 1. The summed E-state index contributed by atoms with van der Waals surface area (Å²) in [6.45, 7) is 3.34. The second-order valence-corrected chi connectivity index (χ2v) is 4.86. The van der Waals surface area contributed by atoms with Gasteiger partial charge in [0.2, 0.25) is 0 Å². The minimum Gasteiger partial charge on any atom is -0.311 e. The van der Waals surface area contributed by atoms with Crippen molar-refractivity contribution in [3.05, 3.63) is 29.3 Å². The van der Waals surface area contributed by atoms with Crippen molar-refractivity contribution in [2.75, 3.05) is 6.54 Å². The maximum absolute atomic E-state index is 8.69. The molecule has 0 spiro atoms. The number of nitrogens with one attached hydrogen (secondary N) is 2. The molecule has 2 aromatic heterocycles. The van der Waals surface area contributed by atoms with Gasteiger partial charge in [0, 0.05) is 18.7 Å². The van der Waals surface area contributed by atoms with E-state index in [1.807, 2.05) is 24.6 Å². The van der Waals surface area contributed by atoms with E-state index in [-0.39, 0.29) is 5.92 Å². The Balaban J connectivity index is 1.99. The first-order valence-electron chi connectivity index (χ1n) is 5.47. The minimum atomic E-state index is 0.0343. The summed E-state index contributed by atoms with van der Waals surface area (Å²) in [5.41, 5.74) is 2.20. The Labute approximate surface area is 104 Å². The van der Waals surface area contributed by atoms with Crippen LogP contribution in [0.25, 0.3) is 10.6 Å². The highest BCUT2D eigenvalue weighted by molar-refractivity contribution is 7.13. The van der Waals surface area contributed by atoms with E-state index < -0.39 is 0 Å². The summed E-state index contributed by atoms with van der Waals surface area (Å²) in [5, 5.41) is 21.1. The smallest absolute Gasteiger partial charge is 0.0794 e. The molecular formula is C12H14N4S. The van der Waals surface area contributed by atoms with E-state index in [1.165, 1.54) is 4.88 Å². The number of rotatable bonds is 5. The van der Waals surface area contributed by atoms with Gasteiger partial charge in [-0.3, -0.25) is 5.10 Å². The van der Waals surface area contributed by atoms with Gasteiger partial charge in [0.15, 0.2) is 0 Å². The highest BCUT2D eigenvalue weighted by atomic mass is 32.1. The van der Waals surface area contributed by atoms with E-state index in [9.17, 15) is 0 Å². The Morgan fingerprint density at radius 1 is 1.65 bits per heavy atom. The third-order valence-electron chi connectivity index (χ3n) is 2.47. The third-order valence-corrected chi connectivity index (χ3v) is 3.36. The predicted molar refractivity (Wildman–Crippen MR) is 68.4 cm³/mol. The van der Waals surface area contributed by atoms with E-state index >= 15 is 0 Å². The highest BCUT2D eigenvalue weighted by Crippen LogP contribution is 2.25. The number of nitrogens with zero attached hydrogens (tertiary/aromatic N) is 2. The summed E-state index contributed by atoms with van der Waals surface area (Å²) in [6, 6.07) is 6.30. The van der Waals surface area contributed by atoms with E-state index in [4.69, 9.17) is 5.26 Å². The summed E-state index contributed by atoms with van der Waals surface area (Å²) in [7, 11) is 0. The number of aromatic nitrogens is 2. The lowest BCUT2D eigenvalue weighted by Gasteiger charge is -2.05. The van der Waals surface area contributed by atoms with E-state index in [0.29, 0.717) is 6.54 Å². The van der Waals surface area contributed by atoms with Gasteiger partial charge in [-0.1, -0.05) is 6.07 Å². The van der Waals surface area contributed by atoms with Crippen LogP contribution >= 0.6 is 11.3 Å². The molecule has 0 radical (unpaired) electrons. The highest BCUT2D eigenvalue weighted by Gasteiger charge is 2.08. The van der Waals surface area contributed by atoms with Gasteiger partial charge < -0.3 is 5.32 Å². The van der Waals surface area contributed by atoms with Crippen LogP contribution in [0.3, 0.4) is 0 Å². The molecule has 5 heteroatoms. The molecule has 2 rings (SSSR count). The lowest BCUT2D eigenvalue weighted by molar-refractivity contribution is 0.602. The minimum absolute atomic E-state index is 0.0343. The zero-order chi connectivity index (χ0) is 12.1. The SMILES string of the molecule is CC(C#N)CNCc1cn[nH]c1-c1cccs1. The summed E-state index contributed by atoms with van der Waals surface area (Å²) < 4.78 is 0. The molecule has 0 saturated carbocycles. The molecule has 4 nitrogen and oxygen atoms in total. The lowest BCUT2D eigenvalue weighted by Crippen LogP contribution is -2.19. The Bertz CT molecular complexity index is 495. The largest absolute Gasteiger partial charge is 0.311 e. The van der Waals surface area contributed by atoms with Crippen LogP contribution in [-0.2, 0) is 6.54 Å². The second-order valence-electron chi connectivity index (χ2n) is 3.91. The van der Waals surface area contributed by atoms with Crippen molar-refractivity contribution in [3.8, 4) is 16.6 Å². The number of H-pyrrole nitrogens is 1. The van der Waals surface area contributed by atoms with Crippen molar-refractivity contribution in [2.45, 2.75) is 13.5 Å². The molecule has 1 atom stereocenters. The van der Waals surface area contributed by atoms with Crippen molar-refractivity contribution in [2.24, 2.45) is 5.92 Å². The molecule has 0 aromatic carbocycles. The molecule has 17 heavy (non-hydrogen) atoms. The predicted octanol–water partition coefficient (Wildman–Crippen LogP) is 2.39. The van der Waals surface area contributed by atoms with Crippen molar-refractivity contribution in [1.29, 1.82) is 5.26 Å². The Hall–Kier alpha value is -1.64. The van der Waals surface area contributed by atoms with E-state index in [2.05, 4.69) is 27.6 Å². The molecule has 0 bridgehead atoms. The summed E-state index contributed by atoms with van der Waals surface area (Å²) >= 11 is 1.69. The molecule has 2 heterocycles. The Morgan fingerprint density at radius 3 is 3.24 bits per heavy atom. The molecule has 0 amide bonds. The zero-order valence-corrected chi connectivity index (χ0v) is 10.4. The first-order chi connectivity index (χ1) is 8.31. The number of hydrogen-bond donors (Lipinski definition) is 2. The summed E-state index contributed by atoms with van der Waals surface area (Å²) in [4.78, 5) is 1.19. The van der Waals surface area contributed by atoms with Crippen LogP contribution < -0.4 is 5.32 Å². The first kappa shape index (κ1) is 11.8.